The largest absolute Gasteiger partial charge is 0.465 e. The third kappa shape index (κ3) is 18.2. The molecule has 4 aliphatic rings. The first kappa shape index (κ1) is 73.1. The summed E-state index contributed by atoms with van der Waals surface area (Å²) in [6.07, 6.45) is 9.11. The molecule has 0 spiro atoms. The molecule has 2 saturated carbocycles. The van der Waals surface area contributed by atoms with Crippen molar-refractivity contribution >= 4 is 63.3 Å². The van der Waals surface area contributed by atoms with Crippen molar-refractivity contribution < 1.29 is 81.3 Å². The Morgan fingerprint density at radius 1 is 0.764 bits per heavy atom. The Morgan fingerprint density at radius 2 is 1.33 bits per heavy atom. The summed E-state index contributed by atoms with van der Waals surface area (Å²) in [5, 5.41) is 16.9. The van der Waals surface area contributed by atoms with E-state index in [1.54, 1.807) is 97.0 Å². The number of fused-ring (bicyclic) bond motifs is 5. The van der Waals surface area contributed by atoms with E-state index in [4.69, 9.17) is 42.6 Å². The van der Waals surface area contributed by atoms with E-state index in [0.29, 0.717) is 17.7 Å². The monoisotopic (exact) mass is 1280 g/mol. The minimum Gasteiger partial charge on any atom is -0.465 e. The number of hydrogen-bond acceptors (Lipinski definition) is 19. The quantitative estimate of drug-likeness (QED) is 0.0218. The van der Waals surface area contributed by atoms with Gasteiger partial charge in [-0.1, -0.05) is 188 Å². The van der Waals surface area contributed by atoms with E-state index in [9.17, 15) is 29.1 Å². The highest BCUT2D eigenvalue weighted by Gasteiger charge is 2.78. The van der Waals surface area contributed by atoms with E-state index in [1.165, 1.54) is 97.5 Å². The summed E-state index contributed by atoms with van der Waals surface area (Å²) in [6.45, 7) is 17.4. The second kappa shape index (κ2) is 33.5. The molecule has 20 heteroatoms. The van der Waals surface area contributed by atoms with Crippen molar-refractivity contribution in [2.24, 2.45) is 22.7 Å². The normalized spacial score (nSPS) is 26.3. The molecule has 2 N–H and O–H groups in total. The molecular formula is C69H101NO17S2. The number of rotatable bonds is 34. The average molecular weight is 1280 g/mol. The summed E-state index contributed by atoms with van der Waals surface area (Å²) in [4.78, 5) is 101. The molecule has 2 aromatic rings. The number of ketones is 1. The lowest BCUT2D eigenvalue weighted by Gasteiger charge is -2.67. The molecule has 496 valence electrons. The number of unbranched alkanes of at least 4 members (excludes halogenated alkanes) is 12. The van der Waals surface area contributed by atoms with Gasteiger partial charge in [0.25, 0.3) is 0 Å². The maximum Gasteiger partial charge on any atom is 0.408 e. The van der Waals surface area contributed by atoms with Crippen LogP contribution < -0.4 is 5.32 Å². The summed E-state index contributed by atoms with van der Waals surface area (Å²) in [5.74, 6) is -6.12. The Bertz CT molecular complexity index is 2700. The summed E-state index contributed by atoms with van der Waals surface area (Å²) in [6, 6.07) is 15.0. The van der Waals surface area contributed by atoms with Crippen LogP contribution in [0.25, 0.3) is 0 Å². The van der Waals surface area contributed by atoms with Gasteiger partial charge in [-0.2, -0.15) is 0 Å². The first-order chi connectivity index (χ1) is 42.3. The number of methoxy groups -OCH3 is 2. The molecule has 1 heterocycles. The van der Waals surface area contributed by atoms with Crippen LogP contribution in [0.4, 0.5) is 4.79 Å². The predicted octanol–water partition coefficient (Wildman–Crippen LogP) is 12.9. The molecule has 6 rings (SSSR count). The number of amides is 1. The molecule has 0 radical (unpaired) electrons. The molecule has 3 aliphatic carbocycles. The molecule has 0 aromatic heterocycles. The van der Waals surface area contributed by atoms with Crippen LogP contribution in [0.5, 0.6) is 0 Å². The van der Waals surface area contributed by atoms with Crippen molar-refractivity contribution in [3.8, 4) is 0 Å². The van der Waals surface area contributed by atoms with E-state index in [0.717, 1.165) is 60.1 Å². The van der Waals surface area contributed by atoms with Crippen LogP contribution in [0.3, 0.4) is 0 Å². The number of hydrogen-bond donors (Lipinski definition) is 2. The van der Waals surface area contributed by atoms with Crippen LogP contribution in [0, 0.1) is 22.7 Å². The molecule has 2 bridgehead atoms. The van der Waals surface area contributed by atoms with Crippen molar-refractivity contribution in [1.29, 1.82) is 0 Å². The third-order valence-electron chi connectivity index (χ3n) is 18.6. The first-order valence-electron chi connectivity index (χ1n) is 32.3. The number of ether oxygens (including phenoxy) is 9. The highest BCUT2D eigenvalue weighted by atomic mass is 33.1. The molecule has 12 atom stereocenters. The van der Waals surface area contributed by atoms with Gasteiger partial charge < -0.3 is 53.1 Å². The maximum absolute atomic E-state index is 16.0. The number of benzene rings is 2. The lowest BCUT2D eigenvalue weighted by atomic mass is 9.44. The van der Waals surface area contributed by atoms with E-state index in [-0.39, 0.29) is 41.6 Å². The van der Waals surface area contributed by atoms with Gasteiger partial charge in [0, 0.05) is 39.4 Å². The van der Waals surface area contributed by atoms with Gasteiger partial charge in [-0.25, -0.2) is 14.4 Å². The van der Waals surface area contributed by atoms with Crippen LogP contribution in [0.2, 0.25) is 0 Å². The van der Waals surface area contributed by atoms with Gasteiger partial charge in [0.2, 0.25) is 6.10 Å². The van der Waals surface area contributed by atoms with Crippen molar-refractivity contribution in [2.45, 2.75) is 244 Å². The number of carbonyl (C=O) groups excluding carboxylic acids is 7. The molecule has 89 heavy (non-hydrogen) atoms. The molecular weight excluding hydrogens is 1180 g/mol. The predicted molar refractivity (Wildman–Crippen MR) is 342 cm³/mol. The van der Waals surface area contributed by atoms with Crippen molar-refractivity contribution in [3.63, 3.8) is 0 Å². The summed E-state index contributed by atoms with van der Waals surface area (Å²) >= 11 is 0. The standard InChI is InChI=1S/C69H101NO17S2/c1-13-15-17-19-21-22-24-28-34-47(33-27-23-20-18-16-14-2)41-81-53(72)42-88-89-43-54(73)84-58(56(48-35-29-25-30-36-48)70-64(77)87-65(5,6)7)63(76)83-50-40-69(78)61(85-62(75)49-37-31-26-32-38-49)59-67(10,60(74)57(80-12)55(45(50)3)66(69,8)9)51(79-11)39-52-68(59,44-82-52)86-46(4)71/h25-26,29-32,35-38,47,50-52,56-59,61,78H,13-24,27-28,33-34,39-44H2,1-12H3,(H,70,77)/t47?,50-,51-,52+,56-,57+,58+,59-,61-,67+,68-,69+/m1/s1. The number of aliphatic hydroxyl groups is 1. The van der Waals surface area contributed by atoms with Crippen molar-refractivity contribution in [1.82, 2.24) is 5.32 Å². The molecule has 1 saturated heterocycles. The second-order valence-corrected chi connectivity index (χ2v) is 28.8. The Hall–Kier alpha value is -4.99. The zero-order valence-corrected chi connectivity index (χ0v) is 56.5. The Kier molecular flexibility index (Phi) is 27.5. The summed E-state index contributed by atoms with van der Waals surface area (Å²) in [7, 11) is 4.92. The average Bonchev–Trinajstić information content (AvgIpc) is 0.671. The Morgan fingerprint density at radius 3 is 1.85 bits per heavy atom. The van der Waals surface area contributed by atoms with Crippen molar-refractivity contribution in [3.05, 3.63) is 82.9 Å². The van der Waals surface area contributed by atoms with Crippen LogP contribution >= 0.6 is 21.6 Å². The number of carbonyl (C=O) groups is 7. The lowest BCUT2D eigenvalue weighted by molar-refractivity contribution is -0.347. The Balaban J connectivity index is 1.30. The van der Waals surface area contributed by atoms with Gasteiger partial charge >= 0.3 is 35.9 Å². The highest BCUT2D eigenvalue weighted by molar-refractivity contribution is 8.77. The van der Waals surface area contributed by atoms with Crippen LogP contribution in [-0.4, -0.2) is 139 Å². The lowest BCUT2D eigenvalue weighted by Crippen LogP contribution is -2.82. The number of esters is 5. The Labute approximate surface area is 536 Å². The fourth-order valence-electron chi connectivity index (χ4n) is 13.9. The van der Waals surface area contributed by atoms with E-state index >= 15 is 9.59 Å². The molecule has 3 fully saturated rings. The maximum atomic E-state index is 16.0. The van der Waals surface area contributed by atoms with Gasteiger partial charge in [-0.05, 0) is 82.2 Å². The van der Waals surface area contributed by atoms with Crippen LogP contribution in [-0.2, 0) is 66.6 Å². The van der Waals surface area contributed by atoms with Gasteiger partial charge in [0.1, 0.15) is 53.2 Å². The zero-order valence-electron chi connectivity index (χ0n) is 54.8. The van der Waals surface area contributed by atoms with Crippen LogP contribution in [0.1, 0.15) is 207 Å². The minimum atomic E-state index is -2.32. The van der Waals surface area contributed by atoms with E-state index < -0.39 is 124 Å². The molecule has 1 aliphatic heterocycles. The van der Waals surface area contributed by atoms with Crippen LogP contribution in [0.15, 0.2) is 71.8 Å². The van der Waals surface area contributed by atoms with Gasteiger partial charge in [0.05, 0.1) is 36.2 Å². The second-order valence-electron chi connectivity index (χ2n) is 26.4. The molecule has 1 unspecified atom stereocenters. The fraction of sp³-hybridized carbons (Fsp3) is 0.696. The van der Waals surface area contributed by atoms with Gasteiger partial charge in [0.15, 0.2) is 11.4 Å². The smallest absolute Gasteiger partial charge is 0.408 e. The topological polar surface area (TPSA) is 235 Å². The molecule has 1 amide bonds. The minimum absolute atomic E-state index is 0.0545. The number of Topliss-reactive ketones (excluding diaryl/α,β-unsaturated/α-hetero) is 1. The summed E-state index contributed by atoms with van der Waals surface area (Å²) in [5.41, 5.74) is -7.30. The number of nitrogens with one attached hydrogen (secondary N) is 1. The van der Waals surface area contributed by atoms with Gasteiger partial charge in [-0.3, -0.25) is 19.2 Å². The number of alkyl carbamates (subject to hydrolysis) is 1. The molecule has 2 aromatic carbocycles. The van der Waals surface area contributed by atoms with E-state index in [1.807, 2.05) is 0 Å². The van der Waals surface area contributed by atoms with Crippen molar-refractivity contribution in [2.75, 3.05) is 38.9 Å². The summed E-state index contributed by atoms with van der Waals surface area (Å²) < 4.78 is 55.6. The first-order valence-corrected chi connectivity index (χ1v) is 34.8. The SMILES string of the molecule is CCCCCCCCCCC(CCCCCCCC)COC(=O)CSSCC(=O)O[C@H](C(=O)O[C@@H]1C[C@]2(O)[C@H](OC(=O)c3ccccc3)[C@H]3[C@@]4(OC(C)=O)CO[C@H]4C[C@@H](OC)[C@]3(C)C(=O)[C@@H](OC)C(=C1C)C2(C)C)[C@H](NC(=O)OC(C)(C)C)c1ccccc1. The third-order valence-corrected chi connectivity index (χ3v) is 20.7. The van der Waals surface area contributed by atoms with Gasteiger partial charge in [-0.15, -0.1) is 0 Å². The highest BCUT2D eigenvalue weighted by Crippen LogP contribution is 2.65. The fourth-order valence-corrected chi connectivity index (χ4v) is 15.5. The van der Waals surface area contributed by atoms with E-state index in [2.05, 4.69) is 19.2 Å². The zero-order chi connectivity index (χ0) is 65.2. The molecule has 18 nitrogen and oxygen atoms in total.